The summed E-state index contributed by atoms with van der Waals surface area (Å²) in [6.07, 6.45) is 2.87. The molecule has 0 radical (unpaired) electrons. The maximum Gasteiger partial charge on any atom is 0.227 e. The number of amides is 1. The topological polar surface area (TPSA) is 49.4 Å². The van der Waals surface area contributed by atoms with Crippen molar-refractivity contribution in [2.75, 3.05) is 13.1 Å². The molecule has 4 heteroatoms. The van der Waals surface area contributed by atoms with Crippen molar-refractivity contribution in [2.24, 2.45) is 0 Å². The zero-order valence-electron chi connectivity index (χ0n) is 12.0. The lowest BCUT2D eigenvalue weighted by Gasteiger charge is -2.30. The number of carbonyl (C=O) groups excluding carboxylic acids is 2. The zero-order chi connectivity index (χ0) is 14.5. The highest BCUT2D eigenvalue weighted by Gasteiger charge is 2.20. The van der Waals surface area contributed by atoms with Gasteiger partial charge >= 0.3 is 0 Å². The van der Waals surface area contributed by atoms with E-state index in [0.29, 0.717) is 24.4 Å². The molecule has 1 aliphatic rings. The van der Waals surface area contributed by atoms with Crippen LogP contribution in [0, 0.1) is 6.92 Å². The molecular formula is C16H20N2O2. The van der Waals surface area contributed by atoms with E-state index in [1.165, 1.54) is 6.08 Å². The van der Waals surface area contributed by atoms with E-state index in [1.807, 2.05) is 38.1 Å². The molecule has 0 atom stereocenters. The molecule has 1 aromatic carbocycles. The van der Waals surface area contributed by atoms with Gasteiger partial charge in [-0.05, 0) is 13.3 Å². The molecule has 0 saturated carbocycles. The van der Waals surface area contributed by atoms with Crippen LogP contribution in [-0.4, -0.2) is 29.7 Å². The van der Waals surface area contributed by atoms with Gasteiger partial charge in [0.2, 0.25) is 5.91 Å². The molecule has 0 bridgehead atoms. The molecule has 0 aliphatic carbocycles. The van der Waals surface area contributed by atoms with Crippen LogP contribution in [0.2, 0.25) is 0 Å². The van der Waals surface area contributed by atoms with Crippen LogP contribution in [0.4, 0.5) is 0 Å². The summed E-state index contributed by atoms with van der Waals surface area (Å²) in [4.78, 5) is 25.8. The molecule has 0 aromatic heterocycles. The van der Waals surface area contributed by atoms with Crippen molar-refractivity contribution in [1.82, 2.24) is 10.2 Å². The van der Waals surface area contributed by atoms with Crippen LogP contribution in [-0.2, 0) is 4.79 Å². The molecule has 1 fully saturated rings. The van der Waals surface area contributed by atoms with E-state index in [0.717, 1.165) is 18.5 Å². The van der Waals surface area contributed by atoms with Crippen LogP contribution in [0.5, 0.6) is 0 Å². The van der Waals surface area contributed by atoms with Crippen molar-refractivity contribution >= 4 is 11.7 Å². The van der Waals surface area contributed by atoms with Crippen LogP contribution in [0.25, 0.3) is 0 Å². The third kappa shape index (κ3) is 3.26. The summed E-state index contributed by atoms with van der Waals surface area (Å²) in [6, 6.07) is 7.44. The highest BCUT2D eigenvalue weighted by Crippen LogP contribution is 2.12. The van der Waals surface area contributed by atoms with Crippen LogP contribution in [0.15, 0.2) is 36.2 Å². The summed E-state index contributed by atoms with van der Waals surface area (Å²) < 4.78 is 0. The number of allylic oxidation sites excluding steroid dienone is 1. The molecule has 106 valence electrons. The summed E-state index contributed by atoms with van der Waals surface area (Å²) in [5.74, 6) is 0.581. The van der Waals surface area contributed by atoms with Crippen LogP contribution in [0.3, 0.4) is 0 Å². The van der Waals surface area contributed by atoms with Crippen molar-refractivity contribution in [3.63, 3.8) is 0 Å². The Balaban J connectivity index is 2.20. The first-order chi connectivity index (χ1) is 9.61. The third-order valence-electron chi connectivity index (χ3n) is 3.36. The van der Waals surface area contributed by atoms with Crippen molar-refractivity contribution in [3.8, 4) is 0 Å². The van der Waals surface area contributed by atoms with Gasteiger partial charge in [0.15, 0.2) is 5.78 Å². The molecule has 1 aromatic rings. The van der Waals surface area contributed by atoms with Crippen molar-refractivity contribution < 1.29 is 9.59 Å². The Kier molecular flexibility index (Phi) is 4.56. The summed E-state index contributed by atoms with van der Waals surface area (Å²) in [5.41, 5.74) is 1.76. The molecule has 1 N–H and O–H groups in total. The minimum absolute atomic E-state index is 0.0418. The van der Waals surface area contributed by atoms with Gasteiger partial charge < -0.3 is 5.32 Å². The van der Waals surface area contributed by atoms with Gasteiger partial charge in [0.1, 0.15) is 5.82 Å². The minimum Gasteiger partial charge on any atom is -0.371 e. The molecule has 1 aliphatic heterocycles. The van der Waals surface area contributed by atoms with E-state index < -0.39 is 0 Å². The van der Waals surface area contributed by atoms with E-state index >= 15 is 0 Å². The number of aryl methyl sites for hydroxylation is 1. The molecule has 20 heavy (non-hydrogen) atoms. The van der Waals surface area contributed by atoms with Gasteiger partial charge in [0.05, 0.1) is 0 Å². The van der Waals surface area contributed by atoms with Crippen molar-refractivity contribution in [1.29, 1.82) is 0 Å². The minimum atomic E-state index is -0.0803. The van der Waals surface area contributed by atoms with Crippen molar-refractivity contribution in [3.05, 3.63) is 47.3 Å². The Morgan fingerprint density at radius 1 is 1.30 bits per heavy atom. The number of hydrogen-bond donors (Lipinski definition) is 1. The Morgan fingerprint density at radius 3 is 2.65 bits per heavy atom. The largest absolute Gasteiger partial charge is 0.371 e. The van der Waals surface area contributed by atoms with Crippen molar-refractivity contribution in [2.45, 2.75) is 26.7 Å². The molecule has 2 rings (SSSR count). The van der Waals surface area contributed by atoms with E-state index in [9.17, 15) is 9.59 Å². The maximum atomic E-state index is 12.2. The van der Waals surface area contributed by atoms with Crippen LogP contribution in [0.1, 0.15) is 35.7 Å². The summed E-state index contributed by atoms with van der Waals surface area (Å²) in [6.45, 7) is 5.28. The quantitative estimate of drug-likeness (QED) is 0.678. The molecule has 1 amide bonds. The Bertz CT molecular complexity index is 532. The third-order valence-corrected chi connectivity index (χ3v) is 3.36. The predicted octanol–water partition coefficient (Wildman–Crippen LogP) is 2.25. The average molecular weight is 272 g/mol. The zero-order valence-corrected chi connectivity index (χ0v) is 12.0. The fourth-order valence-electron chi connectivity index (χ4n) is 2.17. The number of ketones is 1. The lowest BCUT2D eigenvalue weighted by Crippen LogP contribution is -2.43. The second kappa shape index (κ2) is 6.37. The smallest absolute Gasteiger partial charge is 0.227 e. The number of hydrogen-bond acceptors (Lipinski definition) is 3. The standard InChI is InChI=1S/C16H20N2O2/c1-3-16(20)18-10-4-9-17-15(18)11-14(19)13-7-5-12(2)6-8-13/h5-8,11,17H,3-4,9-10H2,1-2H3/b15-11+. The lowest BCUT2D eigenvalue weighted by atomic mass is 10.1. The van der Waals surface area contributed by atoms with Gasteiger partial charge in [-0.15, -0.1) is 0 Å². The molecule has 0 unspecified atom stereocenters. The molecule has 1 heterocycles. The Labute approximate surface area is 119 Å². The predicted molar refractivity (Wildman–Crippen MR) is 78.2 cm³/mol. The first kappa shape index (κ1) is 14.3. The first-order valence-corrected chi connectivity index (χ1v) is 6.98. The van der Waals surface area contributed by atoms with E-state index in [4.69, 9.17) is 0 Å². The SMILES string of the molecule is CCC(=O)N1CCCN/C1=C\C(=O)c1ccc(C)cc1. The highest BCUT2D eigenvalue weighted by atomic mass is 16.2. The highest BCUT2D eigenvalue weighted by molar-refractivity contribution is 6.05. The number of nitrogens with one attached hydrogen (secondary N) is 1. The van der Waals surface area contributed by atoms with Gasteiger partial charge in [-0.3, -0.25) is 14.5 Å². The second-order valence-electron chi connectivity index (χ2n) is 4.94. The lowest BCUT2D eigenvalue weighted by molar-refractivity contribution is -0.129. The van der Waals surface area contributed by atoms with Gasteiger partial charge in [-0.25, -0.2) is 0 Å². The molecule has 1 saturated heterocycles. The number of carbonyl (C=O) groups is 2. The number of nitrogens with zero attached hydrogens (tertiary/aromatic N) is 1. The van der Waals surface area contributed by atoms with Gasteiger partial charge in [-0.1, -0.05) is 36.8 Å². The summed E-state index contributed by atoms with van der Waals surface area (Å²) >= 11 is 0. The number of benzene rings is 1. The van der Waals surface area contributed by atoms with Gasteiger partial charge in [-0.2, -0.15) is 0 Å². The molecule has 4 nitrogen and oxygen atoms in total. The van der Waals surface area contributed by atoms with Crippen LogP contribution >= 0.6 is 0 Å². The van der Waals surface area contributed by atoms with E-state index in [2.05, 4.69) is 5.32 Å². The molecule has 0 spiro atoms. The second-order valence-corrected chi connectivity index (χ2v) is 4.94. The fourth-order valence-corrected chi connectivity index (χ4v) is 2.17. The van der Waals surface area contributed by atoms with Crippen LogP contribution < -0.4 is 5.32 Å². The maximum absolute atomic E-state index is 12.2. The monoisotopic (exact) mass is 272 g/mol. The number of rotatable bonds is 3. The van der Waals surface area contributed by atoms with Gasteiger partial charge in [0, 0.05) is 31.1 Å². The summed E-state index contributed by atoms with van der Waals surface area (Å²) in [7, 11) is 0. The van der Waals surface area contributed by atoms with E-state index in [-0.39, 0.29) is 11.7 Å². The Hall–Kier alpha value is -2.10. The fraction of sp³-hybridized carbons (Fsp3) is 0.375. The Morgan fingerprint density at radius 2 is 2.00 bits per heavy atom. The molecular weight excluding hydrogens is 252 g/mol. The summed E-state index contributed by atoms with van der Waals surface area (Å²) in [5, 5.41) is 3.14. The average Bonchev–Trinajstić information content (AvgIpc) is 2.47. The first-order valence-electron chi connectivity index (χ1n) is 6.98. The normalized spacial score (nSPS) is 16.9. The van der Waals surface area contributed by atoms with Gasteiger partial charge in [0.25, 0.3) is 0 Å². The van der Waals surface area contributed by atoms with E-state index in [1.54, 1.807) is 4.90 Å².